The average Bonchev–Trinajstić information content (AvgIpc) is 2.77. The molecule has 16 heavy (non-hydrogen) atoms. The van der Waals surface area contributed by atoms with Gasteiger partial charge in [-0.15, -0.1) is 0 Å². The lowest BCUT2D eigenvalue weighted by Gasteiger charge is -2.20. The third kappa shape index (κ3) is 1.41. The minimum Gasteiger partial charge on any atom is -0.299 e. The lowest BCUT2D eigenvalue weighted by Crippen LogP contribution is -2.17. The fraction of sp³-hybridized carbons (Fsp3) is 0.417. The van der Waals surface area contributed by atoms with Gasteiger partial charge in [0.1, 0.15) is 16.8 Å². The van der Waals surface area contributed by atoms with Gasteiger partial charge < -0.3 is 0 Å². The van der Waals surface area contributed by atoms with E-state index in [-0.39, 0.29) is 5.92 Å². The van der Waals surface area contributed by atoms with Gasteiger partial charge in [0.15, 0.2) is 0 Å². The van der Waals surface area contributed by atoms with Crippen LogP contribution in [-0.4, -0.2) is 21.2 Å². The van der Waals surface area contributed by atoms with E-state index >= 15 is 0 Å². The molecule has 1 aliphatic rings. The van der Waals surface area contributed by atoms with Crippen LogP contribution in [0.5, 0.6) is 0 Å². The van der Waals surface area contributed by atoms with Crippen molar-refractivity contribution >= 4 is 16.8 Å². The largest absolute Gasteiger partial charge is 0.299 e. The van der Waals surface area contributed by atoms with E-state index in [2.05, 4.69) is 15.4 Å². The molecular formula is C12H13N3O. The number of Topliss-reactive ketones (excluding diaryl/α,β-unsaturated/α-hetero) is 1. The Morgan fingerprint density at radius 2 is 2.19 bits per heavy atom. The van der Waals surface area contributed by atoms with Gasteiger partial charge in [0.05, 0.1) is 0 Å². The molecular weight excluding hydrogens is 202 g/mol. The molecule has 0 spiro atoms. The van der Waals surface area contributed by atoms with Crippen molar-refractivity contribution in [3.8, 4) is 0 Å². The zero-order valence-electron chi connectivity index (χ0n) is 8.94. The molecule has 1 aromatic carbocycles. The molecule has 1 unspecified atom stereocenters. The zero-order chi connectivity index (χ0) is 11.0. The SMILES string of the molecule is O=C1CCCCC1c1cccc2n[nH]nc12. The number of nitrogens with one attached hydrogen (secondary N) is 1. The Labute approximate surface area is 93.0 Å². The number of carbonyl (C=O) groups is 1. The quantitative estimate of drug-likeness (QED) is 0.793. The van der Waals surface area contributed by atoms with Crippen LogP contribution >= 0.6 is 0 Å². The van der Waals surface area contributed by atoms with Crippen molar-refractivity contribution in [2.24, 2.45) is 0 Å². The normalized spacial score (nSPS) is 21.5. The molecule has 1 atom stereocenters. The molecule has 4 nitrogen and oxygen atoms in total. The standard InChI is InChI=1S/C12H13N3O/c16-11-7-2-1-4-8(11)9-5-3-6-10-12(9)14-15-13-10/h3,5-6,8H,1-2,4,7H2,(H,13,14,15). The van der Waals surface area contributed by atoms with Gasteiger partial charge in [-0.25, -0.2) is 0 Å². The molecule has 2 aromatic rings. The summed E-state index contributed by atoms with van der Waals surface area (Å²) in [6.45, 7) is 0. The van der Waals surface area contributed by atoms with Crippen LogP contribution in [0.3, 0.4) is 0 Å². The molecule has 0 radical (unpaired) electrons. The van der Waals surface area contributed by atoms with Crippen LogP contribution in [0, 0.1) is 0 Å². The second-order valence-electron chi connectivity index (χ2n) is 4.30. The molecule has 4 heteroatoms. The Bertz CT molecular complexity index is 532. The fourth-order valence-corrected chi connectivity index (χ4v) is 2.48. The Morgan fingerprint density at radius 1 is 1.25 bits per heavy atom. The summed E-state index contributed by atoms with van der Waals surface area (Å²) in [6.07, 6.45) is 3.82. The predicted molar refractivity (Wildman–Crippen MR) is 60.1 cm³/mol. The van der Waals surface area contributed by atoms with Crippen molar-refractivity contribution in [2.45, 2.75) is 31.6 Å². The second-order valence-corrected chi connectivity index (χ2v) is 4.30. The monoisotopic (exact) mass is 215 g/mol. The Hall–Kier alpha value is -1.71. The van der Waals surface area contributed by atoms with E-state index in [9.17, 15) is 4.79 Å². The number of para-hydroxylation sites is 1. The van der Waals surface area contributed by atoms with Crippen LogP contribution in [0.25, 0.3) is 11.0 Å². The van der Waals surface area contributed by atoms with E-state index in [1.807, 2.05) is 18.2 Å². The number of fused-ring (bicyclic) bond motifs is 1. The summed E-state index contributed by atoms with van der Waals surface area (Å²) in [4.78, 5) is 11.9. The first-order chi connectivity index (χ1) is 7.86. The number of rotatable bonds is 1. The molecule has 1 aliphatic carbocycles. The first kappa shape index (κ1) is 9.51. The molecule has 1 saturated carbocycles. The summed E-state index contributed by atoms with van der Waals surface area (Å²) >= 11 is 0. The maximum absolute atomic E-state index is 11.9. The van der Waals surface area contributed by atoms with Gasteiger partial charge in [-0.1, -0.05) is 18.6 Å². The fourth-order valence-electron chi connectivity index (χ4n) is 2.48. The highest BCUT2D eigenvalue weighted by molar-refractivity contribution is 5.91. The maximum Gasteiger partial charge on any atom is 0.140 e. The van der Waals surface area contributed by atoms with Crippen molar-refractivity contribution in [2.75, 3.05) is 0 Å². The average molecular weight is 215 g/mol. The summed E-state index contributed by atoms with van der Waals surface area (Å²) in [6, 6.07) is 5.86. The van der Waals surface area contributed by atoms with Gasteiger partial charge >= 0.3 is 0 Å². The summed E-state index contributed by atoms with van der Waals surface area (Å²) in [7, 11) is 0. The summed E-state index contributed by atoms with van der Waals surface area (Å²) in [5.74, 6) is 0.379. The second kappa shape index (κ2) is 3.70. The van der Waals surface area contributed by atoms with E-state index in [0.29, 0.717) is 12.2 Å². The van der Waals surface area contributed by atoms with Gasteiger partial charge in [-0.3, -0.25) is 4.79 Å². The van der Waals surface area contributed by atoms with Crippen LogP contribution in [0.4, 0.5) is 0 Å². The zero-order valence-corrected chi connectivity index (χ0v) is 8.94. The number of benzene rings is 1. The summed E-state index contributed by atoms with van der Waals surface area (Å²) in [5.41, 5.74) is 2.73. The molecule has 1 aromatic heterocycles. The molecule has 0 amide bonds. The third-order valence-corrected chi connectivity index (χ3v) is 3.31. The Balaban J connectivity index is 2.10. The number of aromatic nitrogens is 3. The van der Waals surface area contributed by atoms with E-state index in [1.165, 1.54) is 0 Å². The van der Waals surface area contributed by atoms with E-state index in [1.54, 1.807) is 0 Å². The van der Waals surface area contributed by atoms with Crippen molar-refractivity contribution in [1.29, 1.82) is 0 Å². The van der Waals surface area contributed by atoms with Crippen LogP contribution < -0.4 is 0 Å². The topological polar surface area (TPSA) is 58.6 Å². The smallest absolute Gasteiger partial charge is 0.140 e. The van der Waals surface area contributed by atoms with Crippen molar-refractivity contribution in [1.82, 2.24) is 15.4 Å². The van der Waals surface area contributed by atoms with Crippen molar-refractivity contribution in [3.05, 3.63) is 23.8 Å². The van der Waals surface area contributed by atoms with Gasteiger partial charge in [0.25, 0.3) is 0 Å². The number of hydrogen-bond donors (Lipinski definition) is 1. The predicted octanol–water partition coefficient (Wildman–Crippen LogP) is 2.18. The molecule has 1 N–H and O–H groups in total. The number of aromatic amines is 1. The summed E-state index contributed by atoms with van der Waals surface area (Å²) < 4.78 is 0. The molecule has 3 rings (SSSR count). The lowest BCUT2D eigenvalue weighted by atomic mass is 9.82. The number of ketones is 1. The number of carbonyl (C=O) groups excluding carboxylic acids is 1. The van der Waals surface area contributed by atoms with Crippen LogP contribution in [0.2, 0.25) is 0 Å². The van der Waals surface area contributed by atoms with Crippen LogP contribution in [0.1, 0.15) is 37.2 Å². The highest BCUT2D eigenvalue weighted by Gasteiger charge is 2.25. The molecule has 82 valence electrons. The van der Waals surface area contributed by atoms with E-state index in [0.717, 1.165) is 35.9 Å². The van der Waals surface area contributed by atoms with E-state index in [4.69, 9.17) is 0 Å². The van der Waals surface area contributed by atoms with Gasteiger partial charge in [0.2, 0.25) is 0 Å². The molecule has 0 saturated heterocycles. The number of nitrogens with zero attached hydrogens (tertiary/aromatic N) is 2. The molecule has 0 bridgehead atoms. The summed E-state index contributed by atoms with van der Waals surface area (Å²) in [5, 5.41) is 10.8. The number of H-pyrrole nitrogens is 1. The lowest BCUT2D eigenvalue weighted by molar-refractivity contribution is -0.121. The molecule has 1 fully saturated rings. The highest BCUT2D eigenvalue weighted by atomic mass is 16.1. The Morgan fingerprint density at radius 3 is 3.06 bits per heavy atom. The minimum atomic E-state index is 0.0301. The maximum atomic E-state index is 11.9. The van der Waals surface area contributed by atoms with Gasteiger partial charge in [-0.05, 0) is 24.5 Å². The molecule has 1 heterocycles. The van der Waals surface area contributed by atoms with Crippen LogP contribution in [0.15, 0.2) is 18.2 Å². The number of hydrogen-bond acceptors (Lipinski definition) is 3. The molecule has 0 aliphatic heterocycles. The first-order valence-electron chi connectivity index (χ1n) is 5.68. The minimum absolute atomic E-state index is 0.0301. The van der Waals surface area contributed by atoms with Crippen molar-refractivity contribution < 1.29 is 4.79 Å². The van der Waals surface area contributed by atoms with Gasteiger partial charge in [0, 0.05) is 12.3 Å². The third-order valence-electron chi connectivity index (χ3n) is 3.31. The Kier molecular flexibility index (Phi) is 2.20. The first-order valence-corrected chi connectivity index (χ1v) is 5.68. The highest BCUT2D eigenvalue weighted by Crippen LogP contribution is 2.32. The van der Waals surface area contributed by atoms with Crippen LogP contribution in [-0.2, 0) is 4.79 Å². The van der Waals surface area contributed by atoms with Crippen molar-refractivity contribution in [3.63, 3.8) is 0 Å². The van der Waals surface area contributed by atoms with E-state index < -0.39 is 0 Å². The van der Waals surface area contributed by atoms with Gasteiger partial charge in [-0.2, -0.15) is 15.4 Å².